The van der Waals surface area contributed by atoms with Crippen LogP contribution in [0.3, 0.4) is 0 Å². The van der Waals surface area contributed by atoms with Crippen molar-refractivity contribution < 1.29 is 9.32 Å². The Balaban J connectivity index is 1.29. The molecule has 1 atom stereocenters. The number of rotatable bonds is 4. The number of nitrogens with zero attached hydrogens (tertiary/aromatic N) is 5. The third-order valence-electron chi connectivity index (χ3n) is 6.13. The van der Waals surface area contributed by atoms with Crippen LogP contribution in [0, 0.1) is 0 Å². The van der Waals surface area contributed by atoms with E-state index in [4.69, 9.17) is 4.52 Å². The van der Waals surface area contributed by atoms with Crippen LogP contribution < -0.4 is 5.32 Å². The van der Waals surface area contributed by atoms with Crippen LogP contribution in [-0.2, 0) is 0 Å². The van der Waals surface area contributed by atoms with Gasteiger partial charge in [0.2, 0.25) is 16.8 Å². The number of likely N-dealkylation sites (tertiary alicyclic amines) is 1. The Morgan fingerprint density at radius 1 is 1.03 bits per heavy atom. The molecule has 5 rings (SSSR count). The van der Waals surface area contributed by atoms with E-state index in [0.29, 0.717) is 29.3 Å². The van der Waals surface area contributed by atoms with E-state index in [1.165, 1.54) is 30.6 Å². The van der Waals surface area contributed by atoms with E-state index in [1.54, 1.807) is 4.90 Å². The van der Waals surface area contributed by atoms with Gasteiger partial charge in [0.1, 0.15) is 11.0 Å². The van der Waals surface area contributed by atoms with Crippen molar-refractivity contribution in [3.8, 4) is 11.4 Å². The summed E-state index contributed by atoms with van der Waals surface area (Å²) in [6.07, 6.45) is 8.89. The van der Waals surface area contributed by atoms with Crippen molar-refractivity contribution in [3.63, 3.8) is 0 Å². The lowest BCUT2D eigenvalue weighted by atomic mass is 9.90. The van der Waals surface area contributed by atoms with E-state index in [-0.39, 0.29) is 12.1 Å². The van der Waals surface area contributed by atoms with E-state index in [1.807, 2.05) is 30.3 Å². The molecule has 162 valence electrons. The molecule has 1 aromatic carbocycles. The molecule has 1 N–H and O–H groups in total. The SMILES string of the molecule is O=C(Nc1nnc(C2CCCCC2)s1)N1CCCCC1c1nc(-c2ccccc2)no1. The van der Waals surface area contributed by atoms with Crippen molar-refractivity contribution in [2.75, 3.05) is 11.9 Å². The Morgan fingerprint density at radius 2 is 1.84 bits per heavy atom. The molecule has 31 heavy (non-hydrogen) atoms. The second kappa shape index (κ2) is 9.13. The van der Waals surface area contributed by atoms with Crippen molar-refractivity contribution in [1.29, 1.82) is 0 Å². The number of aromatic nitrogens is 4. The van der Waals surface area contributed by atoms with E-state index in [2.05, 4.69) is 25.7 Å². The minimum atomic E-state index is -0.232. The lowest BCUT2D eigenvalue weighted by Crippen LogP contribution is -2.41. The Morgan fingerprint density at radius 3 is 2.68 bits per heavy atom. The van der Waals surface area contributed by atoms with Crippen LogP contribution in [0.25, 0.3) is 11.4 Å². The fourth-order valence-corrected chi connectivity index (χ4v) is 5.37. The number of amides is 2. The van der Waals surface area contributed by atoms with Gasteiger partial charge < -0.3 is 9.42 Å². The zero-order valence-corrected chi connectivity index (χ0v) is 18.2. The summed E-state index contributed by atoms with van der Waals surface area (Å²) in [5.74, 6) is 1.51. The highest BCUT2D eigenvalue weighted by atomic mass is 32.1. The number of benzene rings is 1. The number of hydrogen-bond donors (Lipinski definition) is 1. The first-order valence-corrected chi connectivity index (χ1v) is 11.9. The summed E-state index contributed by atoms with van der Waals surface area (Å²) in [7, 11) is 0. The monoisotopic (exact) mass is 438 g/mol. The molecular formula is C22H26N6O2S. The lowest BCUT2D eigenvalue weighted by Gasteiger charge is -2.32. The van der Waals surface area contributed by atoms with Gasteiger partial charge in [0, 0.05) is 18.0 Å². The van der Waals surface area contributed by atoms with E-state index < -0.39 is 0 Å². The van der Waals surface area contributed by atoms with Gasteiger partial charge >= 0.3 is 6.03 Å². The maximum Gasteiger partial charge on any atom is 0.324 e. The number of nitrogens with one attached hydrogen (secondary N) is 1. The molecule has 2 aliphatic rings. The summed E-state index contributed by atoms with van der Waals surface area (Å²) in [4.78, 5) is 19.4. The highest BCUT2D eigenvalue weighted by Gasteiger charge is 2.33. The highest BCUT2D eigenvalue weighted by Crippen LogP contribution is 2.36. The largest absolute Gasteiger partial charge is 0.337 e. The van der Waals surface area contributed by atoms with Crippen molar-refractivity contribution >= 4 is 22.5 Å². The van der Waals surface area contributed by atoms with Crippen LogP contribution in [0.1, 0.15) is 74.2 Å². The molecule has 0 bridgehead atoms. The average molecular weight is 439 g/mol. The van der Waals surface area contributed by atoms with Crippen LogP contribution in [0.15, 0.2) is 34.9 Å². The van der Waals surface area contributed by atoms with Crippen molar-refractivity contribution in [2.24, 2.45) is 0 Å². The fourth-order valence-electron chi connectivity index (χ4n) is 4.47. The molecule has 2 amide bonds. The molecule has 1 aliphatic carbocycles. The number of anilines is 1. The maximum absolute atomic E-state index is 13.1. The van der Waals surface area contributed by atoms with Crippen LogP contribution >= 0.6 is 11.3 Å². The molecule has 0 spiro atoms. The number of hydrogen-bond acceptors (Lipinski definition) is 7. The smallest absolute Gasteiger partial charge is 0.324 e. The number of piperidine rings is 1. The van der Waals surface area contributed by atoms with Crippen molar-refractivity contribution in [3.05, 3.63) is 41.2 Å². The summed E-state index contributed by atoms with van der Waals surface area (Å²) in [6, 6.07) is 9.30. The zero-order valence-electron chi connectivity index (χ0n) is 17.4. The van der Waals surface area contributed by atoms with Gasteiger partial charge in [-0.3, -0.25) is 5.32 Å². The van der Waals surface area contributed by atoms with Gasteiger partial charge in [-0.1, -0.05) is 66.1 Å². The van der Waals surface area contributed by atoms with Gasteiger partial charge in [-0.05, 0) is 32.1 Å². The number of carbonyl (C=O) groups is 1. The summed E-state index contributed by atoms with van der Waals surface area (Å²) < 4.78 is 5.56. The molecule has 1 unspecified atom stereocenters. The van der Waals surface area contributed by atoms with E-state index in [0.717, 1.165) is 42.7 Å². The molecule has 8 nitrogen and oxygen atoms in total. The maximum atomic E-state index is 13.1. The predicted octanol–water partition coefficient (Wildman–Crippen LogP) is 5.39. The zero-order chi connectivity index (χ0) is 21.0. The van der Waals surface area contributed by atoms with Crippen LogP contribution in [-0.4, -0.2) is 37.8 Å². The third kappa shape index (κ3) is 4.46. The molecule has 2 aromatic heterocycles. The molecule has 9 heteroatoms. The molecule has 1 saturated carbocycles. The summed E-state index contributed by atoms with van der Waals surface area (Å²) >= 11 is 1.50. The minimum absolute atomic E-state index is 0.185. The molecule has 3 aromatic rings. The minimum Gasteiger partial charge on any atom is -0.337 e. The van der Waals surface area contributed by atoms with Crippen molar-refractivity contribution in [1.82, 2.24) is 25.2 Å². The van der Waals surface area contributed by atoms with Gasteiger partial charge in [-0.2, -0.15) is 4.98 Å². The number of carbonyl (C=O) groups excluding carboxylic acids is 1. The first kappa shape index (κ1) is 20.1. The Labute approximate surface area is 185 Å². The van der Waals surface area contributed by atoms with Gasteiger partial charge in [-0.25, -0.2) is 4.79 Å². The lowest BCUT2D eigenvalue weighted by molar-refractivity contribution is 0.142. The van der Waals surface area contributed by atoms with Gasteiger partial charge in [0.25, 0.3) is 0 Å². The normalized spacial score (nSPS) is 20.0. The first-order chi connectivity index (χ1) is 15.3. The molecule has 2 fully saturated rings. The van der Waals surface area contributed by atoms with Crippen molar-refractivity contribution in [2.45, 2.75) is 63.3 Å². The summed E-state index contributed by atoms with van der Waals surface area (Å²) in [6.45, 7) is 0.647. The van der Waals surface area contributed by atoms with Crippen LogP contribution in [0.4, 0.5) is 9.93 Å². The third-order valence-corrected chi connectivity index (χ3v) is 7.13. The Kier molecular flexibility index (Phi) is 5.93. The predicted molar refractivity (Wildman–Crippen MR) is 118 cm³/mol. The van der Waals surface area contributed by atoms with Crippen LogP contribution in [0.5, 0.6) is 0 Å². The number of urea groups is 1. The van der Waals surface area contributed by atoms with E-state index in [9.17, 15) is 4.79 Å². The van der Waals surface area contributed by atoms with E-state index >= 15 is 0 Å². The molecule has 1 aliphatic heterocycles. The molecule has 0 radical (unpaired) electrons. The van der Waals surface area contributed by atoms with Gasteiger partial charge in [0.05, 0.1) is 0 Å². The second-order valence-electron chi connectivity index (χ2n) is 8.24. The molecular weight excluding hydrogens is 412 g/mol. The average Bonchev–Trinajstić information content (AvgIpc) is 3.50. The molecule has 1 saturated heterocycles. The quantitative estimate of drug-likeness (QED) is 0.586. The molecule has 3 heterocycles. The van der Waals surface area contributed by atoms with Crippen LogP contribution in [0.2, 0.25) is 0 Å². The highest BCUT2D eigenvalue weighted by molar-refractivity contribution is 7.15. The topological polar surface area (TPSA) is 97.0 Å². The summed E-state index contributed by atoms with van der Waals surface area (Å²) in [5.41, 5.74) is 0.897. The van der Waals surface area contributed by atoms with Gasteiger partial charge in [0.15, 0.2) is 0 Å². The Bertz CT molecular complexity index is 1010. The fraction of sp³-hybridized carbons (Fsp3) is 0.500. The van der Waals surface area contributed by atoms with Gasteiger partial charge in [-0.15, -0.1) is 10.2 Å². The first-order valence-electron chi connectivity index (χ1n) is 11.1. The second-order valence-corrected chi connectivity index (χ2v) is 9.25. The standard InChI is InChI=1S/C22H26N6O2S/c29-22(24-21-26-25-20(31-21)16-11-5-2-6-12-16)28-14-8-7-13-17(28)19-23-18(27-30-19)15-9-3-1-4-10-15/h1,3-4,9-10,16-17H,2,5-8,11-14H2,(H,24,26,29). The Hall–Kier alpha value is -2.81. The summed E-state index contributed by atoms with van der Waals surface area (Å²) in [5, 5.41) is 17.3.